The molecule has 0 aliphatic rings. The van der Waals surface area contributed by atoms with Crippen molar-refractivity contribution in [1.82, 2.24) is 19.9 Å². The summed E-state index contributed by atoms with van der Waals surface area (Å²) in [4.78, 5) is 44.8. The van der Waals surface area contributed by atoms with E-state index in [1.807, 2.05) is 32.3 Å². The minimum absolute atomic E-state index is 0.333. The van der Waals surface area contributed by atoms with E-state index in [4.69, 9.17) is 10.5 Å². The van der Waals surface area contributed by atoms with Gasteiger partial charge in [0.05, 0.1) is 16.6 Å². The molecule has 0 atom stereocenters. The number of amides is 3. The van der Waals surface area contributed by atoms with Crippen LogP contribution < -0.4 is 16.4 Å². The number of carbonyl (C=O) groups excluding carboxylic acids is 3. The molecular weight excluding hydrogens is 436 g/mol. The fourth-order valence-corrected chi connectivity index (χ4v) is 3.36. The third kappa shape index (κ3) is 6.53. The number of anilines is 1. The van der Waals surface area contributed by atoms with Crippen LogP contribution in [0.2, 0.25) is 0 Å². The van der Waals surface area contributed by atoms with E-state index in [0.717, 1.165) is 11.1 Å². The molecule has 0 unspecified atom stereocenters. The van der Waals surface area contributed by atoms with Crippen molar-refractivity contribution in [3.05, 3.63) is 53.3 Å². The predicted octanol–water partition coefficient (Wildman–Crippen LogP) is 3.40. The molecule has 10 nitrogen and oxygen atoms in total. The topological polar surface area (TPSA) is 141 Å². The van der Waals surface area contributed by atoms with E-state index in [2.05, 4.69) is 20.6 Å². The molecule has 10 heteroatoms. The summed E-state index contributed by atoms with van der Waals surface area (Å²) in [6.07, 6.45) is 4.09. The Bertz CT molecular complexity index is 1210. The van der Waals surface area contributed by atoms with Crippen molar-refractivity contribution in [3.63, 3.8) is 0 Å². The van der Waals surface area contributed by atoms with Crippen LogP contribution in [0.5, 0.6) is 0 Å². The van der Waals surface area contributed by atoms with Gasteiger partial charge < -0.3 is 20.4 Å². The van der Waals surface area contributed by atoms with Gasteiger partial charge in [0.25, 0.3) is 5.91 Å². The number of benzene rings is 1. The smallest absolute Gasteiger partial charge is 0.407 e. The lowest BCUT2D eigenvalue weighted by Crippen LogP contribution is -2.33. The normalized spacial score (nSPS) is 11.3. The van der Waals surface area contributed by atoms with E-state index in [0.29, 0.717) is 48.5 Å². The highest BCUT2D eigenvalue weighted by molar-refractivity contribution is 6.04. The Morgan fingerprint density at radius 2 is 1.85 bits per heavy atom. The van der Waals surface area contributed by atoms with E-state index in [-0.39, 0.29) is 5.91 Å². The number of primary amides is 1. The molecule has 0 aliphatic heterocycles. The van der Waals surface area contributed by atoms with Crippen LogP contribution in [-0.4, -0.2) is 44.6 Å². The summed E-state index contributed by atoms with van der Waals surface area (Å²) in [6, 6.07) is 6.72. The maximum absolute atomic E-state index is 12.8. The van der Waals surface area contributed by atoms with Gasteiger partial charge in [0.2, 0.25) is 11.9 Å². The van der Waals surface area contributed by atoms with Crippen LogP contribution in [0.3, 0.4) is 0 Å². The number of hydrogen-bond acceptors (Lipinski definition) is 6. The molecule has 2 heterocycles. The van der Waals surface area contributed by atoms with Gasteiger partial charge in [-0.1, -0.05) is 0 Å². The number of hydrogen-bond donors (Lipinski definition) is 3. The number of nitrogens with one attached hydrogen (secondary N) is 2. The quantitative estimate of drug-likeness (QED) is 0.435. The lowest BCUT2D eigenvalue weighted by atomic mass is 10.2. The molecule has 3 aromatic rings. The first-order chi connectivity index (χ1) is 16.0. The average molecular weight is 467 g/mol. The standard InChI is InChI=1S/C24H30N6O4/c1-15-11-17(14-26-13-15)21(32)29-22-28-18-12-16(20(25)31)7-8-19(18)30(22)10-6-5-9-27-23(33)34-24(2,3)4/h7-8,11-14H,5-6,9-10H2,1-4H3,(H2,25,31)(H,27,33)(H,28,29,32). The minimum Gasteiger partial charge on any atom is -0.444 e. The molecule has 1 aromatic carbocycles. The first kappa shape index (κ1) is 24.7. The molecule has 0 saturated heterocycles. The Balaban J connectivity index is 1.74. The SMILES string of the molecule is Cc1cncc(C(=O)Nc2nc3cc(C(N)=O)ccc3n2CCCCNC(=O)OC(C)(C)C)c1. The molecule has 4 N–H and O–H groups in total. The Kier molecular flexibility index (Phi) is 7.50. The van der Waals surface area contributed by atoms with E-state index in [9.17, 15) is 14.4 Å². The van der Waals surface area contributed by atoms with Crippen LogP contribution in [0.15, 0.2) is 36.7 Å². The number of aryl methyl sites for hydroxylation is 2. The van der Waals surface area contributed by atoms with E-state index in [1.165, 1.54) is 6.20 Å². The van der Waals surface area contributed by atoms with Gasteiger partial charge >= 0.3 is 6.09 Å². The minimum atomic E-state index is -0.555. The van der Waals surface area contributed by atoms with Crippen LogP contribution in [0.25, 0.3) is 11.0 Å². The Hall–Kier alpha value is -3.95. The molecule has 34 heavy (non-hydrogen) atoms. The third-order valence-electron chi connectivity index (χ3n) is 4.87. The highest BCUT2D eigenvalue weighted by Gasteiger charge is 2.17. The zero-order chi connectivity index (χ0) is 24.9. The molecule has 0 bridgehead atoms. The molecule has 0 radical (unpaired) electrons. The van der Waals surface area contributed by atoms with Crippen LogP contribution in [0.1, 0.15) is 59.9 Å². The number of alkyl carbamates (subject to hydrolysis) is 1. The van der Waals surface area contributed by atoms with Crippen molar-refractivity contribution in [2.75, 3.05) is 11.9 Å². The summed E-state index contributed by atoms with van der Waals surface area (Å²) in [5.74, 6) is -0.543. The summed E-state index contributed by atoms with van der Waals surface area (Å²) < 4.78 is 7.11. The lowest BCUT2D eigenvalue weighted by molar-refractivity contribution is 0.0526. The van der Waals surface area contributed by atoms with Crippen LogP contribution in [0, 0.1) is 6.92 Å². The van der Waals surface area contributed by atoms with Gasteiger partial charge in [-0.2, -0.15) is 0 Å². The average Bonchev–Trinajstić information content (AvgIpc) is 3.08. The van der Waals surface area contributed by atoms with Gasteiger partial charge in [-0.25, -0.2) is 9.78 Å². The zero-order valence-corrected chi connectivity index (χ0v) is 19.8. The molecule has 3 rings (SSSR count). The highest BCUT2D eigenvalue weighted by Crippen LogP contribution is 2.22. The number of nitrogens with zero attached hydrogens (tertiary/aromatic N) is 3. The number of aromatic nitrogens is 3. The highest BCUT2D eigenvalue weighted by atomic mass is 16.6. The number of rotatable bonds is 8. The van der Waals surface area contributed by atoms with Gasteiger partial charge in [-0.15, -0.1) is 0 Å². The summed E-state index contributed by atoms with van der Waals surface area (Å²) in [5, 5.41) is 5.58. The Morgan fingerprint density at radius 1 is 1.09 bits per heavy atom. The summed E-state index contributed by atoms with van der Waals surface area (Å²) in [7, 11) is 0. The summed E-state index contributed by atoms with van der Waals surface area (Å²) in [5.41, 5.74) is 7.76. The van der Waals surface area contributed by atoms with Gasteiger partial charge in [0.1, 0.15) is 5.60 Å². The van der Waals surface area contributed by atoms with Crippen molar-refractivity contribution < 1.29 is 19.1 Å². The number of carbonyl (C=O) groups is 3. The lowest BCUT2D eigenvalue weighted by Gasteiger charge is -2.19. The van der Waals surface area contributed by atoms with Crippen LogP contribution in [0.4, 0.5) is 10.7 Å². The number of unbranched alkanes of at least 4 members (excludes halogenated alkanes) is 1. The molecule has 0 spiro atoms. The number of pyridine rings is 1. The zero-order valence-electron chi connectivity index (χ0n) is 19.8. The van der Waals surface area contributed by atoms with Crippen molar-refractivity contribution >= 4 is 34.9 Å². The fraction of sp³-hybridized carbons (Fsp3) is 0.375. The van der Waals surface area contributed by atoms with E-state index < -0.39 is 17.6 Å². The largest absolute Gasteiger partial charge is 0.444 e. The first-order valence-corrected chi connectivity index (χ1v) is 11.0. The van der Waals surface area contributed by atoms with Gasteiger partial charge in [0.15, 0.2) is 0 Å². The molecule has 0 saturated carbocycles. The molecule has 2 aromatic heterocycles. The van der Waals surface area contributed by atoms with Crippen LogP contribution >= 0.6 is 0 Å². The monoisotopic (exact) mass is 466 g/mol. The number of ether oxygens (including phenoxy) is 1. The van der Waals surface area contributed by atoms with Gasteiger partial charge in [0, 0.05) is 31.0 Å². The second kappa shape index (κ2) is 10.3. The third-order valence-corrected chi connectivity index (χ3v) is 4.87. The molecule has 0 fully saturated rings. The molecular formula is C24H30N6O4. The number of nitrogens with two attached hydrogens (primary N) is 1. The van der Waals surface area contributed by atoms with Crippen molar-refractivity contribution in [3.8, 4) is 0 Å². The van der Waals surface area contributed by atoms with E-state index in [1.54, 1.807) is 30.5 Å². The van der Waals surface area contributed by atoms with Gasteiger partial charge in [-0.3, -0.25) is 19.9 Å². The Labute approximate surface area is 197 Å². The first-order valence-electron chi connectivity index (χ1n) is 11.0. The molecule has 0 aliphatic carbocycles. The molecule has 180 valence electrons. The van der Waals surface area contributed by atoms with Crippen molar-refractivity contribution in [2.45, 2.75) is 52.7 Å². The molecule has 3 amide bonds. The predicted molar refractivity (Wildman–Crippen MR) is 129 cm³/mol. The number of fused-ring (bicyclic) bond motifs is 1. The summed E-state index contributed by atoms with van der Waals surface area (Å²) >= 11 is 0. The summed E-state index contributed by atoms with van der Waals surface area (Å²) in [6.45, 7) is 8.26. The van der Waals surface area contributed by atoms with E-state index >= 15 is 0 Å². The Morgan fingerprint density at radius 3 is 2.53 bits per heavy atom. The number of imidazole rings is 1. The second-order valence-corrected chi connectivity index (χ2v) is 9.00. The second-order valence-electron chi connectivity index (χ2n) is 9.00. The van der Waals surface area contributed by atoms with Crippen molar-refractivity contribution in [2.24, 2.45) is 5.73 Å². The van der Waals surface area contributed by atoms with Gasteiger partial charge in [-0.05, 0) is 70.4 Å². The maximum Gasteiger partial charge on any atom is 0.407 e. The van der Waals surface area contributed by atoms with Crippen LogP contribution in [-0.2, 0) is 11.3 Å². The van der Waals surface area contributed by atoms with Crippen molar-refractivity contribution in [1.29, 1.82) is 0 Å². The maximum atomic E-state index is 12.8. The fourth-order valence-electron chi connectivity index (χ4n) is 3.36.